The van der Waals surface area contributed by atoms with Crippen LogP contribution >= 0.6 is 11.6 Å². The Morgan fingerprint density at radius 2 is 2.00 bits per heavy atom. The van der Waals surface area contributed by atoms with Gasteiger partial charge in [-0.3, -0.25) is 4.79 Å². The summed E-state index contributed by atoms with van der Waals surface area (Å²) in [6, 6.07) is 11.6. The van der Waals surface area contributed by atoms with Crippen molar-refractivity contribution in [2.24, 2.45) is 5.73 Å². The predicted molar refractivity (Wildman–Crippen MR) is 85.6 cm³/mol. The summed E-state index contributed by atoms with van der Waals surface area (Å²) in [4.78, 5) is 11.4. The van der Waals surface area contributed by atoms with Crippen LogP contribution in [0.4, 0.5) is 5.69 Å². The van der Waals surface area contributed by atoms with Gasteiger partial charge in [0.05, 0.1) is 6.04 Å². The van der Waals surface area contributed by atoms with Crippen LogP contribution in [0, 0.1) is 6.92 Å². The molecule has 2 aromatic rings. The summed E-state index contributed by atoms with van der Waals surface area (Å²) in [6.07, 6.45) is 1.28. The fourth-order valence-electron chi connectivity index (χ4n) is 2.66. The number of fused-ring (bicyclic) bond motifs is 1. The van der Waals surface area contributed by atoms with Gasteiger partial charge in [0.25, 0.3) is 0 Å². The van der Waals surface area contributed by atoms with Crippen molar-refractivity contribution >= 4 is 23.2 Å². The molecule has 3 N–H and O–H groups in total. The van der Waals surface area contributed by atoms with E-state index in [1.807, 2.05) is 37.3 Å². The number of hydrogen-bond acceptors (Lipinski definition) is 2. The zero-order chi connectivity index (χ0) is 15.0. The van der Waals surface area contributed by atoms with Crippen molar-refractivity contribution in [3.05, 3.63) is 63.7 Å². The van der Waals surface area contributed by atoms with Crippen LogP contribution < -0.4 is 11.1 Å². The van der Waals surface area contributed by atoms with E-state index in [0.717, 1.165) is 34.4 Å². The maximum Gasteiger partial charge on any atom is 0.224 e. The van der Waals surface area contributed by atoms with Crippen molar-refractivity contribution < 1.29 is 4.79 Å². The van der Waals surface area contributed by atoms with Gasteiger partial charge in [-0.1, -0.05) is 35.9 Å². The zero-order valence-corrected chi connectivity index (χ0v) is 12.6. The molecule has 2 aromatic carbocycles. The third-order valence-electron chi connectivity index (χ3n) is 3.87. The molecule has 1 unspecified atom stereocenters. The summed E-state index contributed by atoms with van der Waals surface area (Å²) < 4.78 is 0. The second-order valence-corrected chi connectivity index (χ2v) is 5.87. The largest absolute Gasteiger partial charge is 0.326 e. The number of anilines is 1. The van der Waals surface area contributed by atoms with Crippen molar-refractivity contribution in [1.82, 2.24) is 0 Å². The Balaban J connectivity index is 1.95. The number of amides is 1. The molecule has 108 valence electrons. The number of benzene rings is 2. The van der Waals surface area contributed by atoms with Gasteiger partial charge >= 0.3 is 0 Å². The first kappa shape index (κ1) is 14.1. The van der Waals surface area contributed by atoms with Crippen molar-refractivity contribution in [1.29, 1.82) is 0 Å². The average molecular weight is 301 g/mol. The van der Waals surface area contributed by atoms with Gasteiger partial charge < -0.3 is 11.1 Å². The highest BCUT2D eigenvalue weighted by Gasteiger charge is 2.18. The summed E-state index contributed by atoms with van der Waals surface area (Å²) in [7, 11) is 0. The molecule has 3 nitrogen and oxygen atoms in total. The number of hydrogen-bond donors (Lipinski definition) is 2. The highest BCUT2D eigenvalue weighted by atomic mass is 35.5. The van der Waals surface area contributed by atoms with Crippen molar-refractivity contribution in [3.63, 3.8) is 0 Å². The second-order valence-electron chi connectivity index (χ2n) is 5.47. The van der Waals surface area contributed by atoms with Gasteiger partial charge in [-0.05, 0) is 47.7 Å². The van der Waals surface area contributed by atoms with Crippen LogP contribution in [0.1, 0.15) is 34.7 Å². The van der Waals surface area contributed by atoms with Crippen LogP contribution in [-0.2, 0) is 11.2 Å². The van der Waals surface area contributed by atoms with Gasteiger partial charge in [0.2, 0.25) is 5.91 Å². The van der Waals surface area contributed by atoms with Gasteiger partial charge in [-0.25, -0.2) is 0 Å². The topological polar surface area (TPSA) is 55.1 Å². The molecule has 0 saturated heterocycles. The van der Waals surface area contributed by atoms with E-state index >= 15 is 0 Å². The lowest BCUT2D eigenvalue weighted by molar-refractivity contribution is -0.116. The third kappa shape index (κ3) is 2.80. The molecule has 1 aliphatic heterocycles. The lowest BCUT2D eigenvalue weighted by Gasteiger charge is -2.20. The Morgan fingerprint density at radius 3 is 2.76 bits per heavy atom. The number of aryl methyl sites for hydroxylation is 2. The first-order valence-electron chi connectivity index (χ1n) is 6.99. The minimum absolute atomic E-state index is 0.0705. The predicted octanol–water partition coefficient (Wildman–Crippen LogP) is 3.58. The van der Waals surface area contributed by atoms with E-state index in [9.17, 15) is 4.79 Å². The fraction of sp³-hybridized carbons (Fsp3) is 0.235. The SMILES string of the molecule is Cc1ccc(C(N)c2ccc3c(c2)CCC(=O)N3)c(Cl)c1. The second kappa shape index (κ2) is 5.51. The fourth-order valence-corrected chi connectivity index (χ4v) is 3.01. The van der Waals surface area contributed by atoms with Gasteiger partial charge in [0, 0.05) is 17.1 Å². The maximum atomic E-state index is 11.4. The third-order valence-corrected chi connectivity index (χ3v) is 4.20. The summed E-state index contributed by atoms with van der Waals surface area (Å²) >= 11 is 6.30. The minimum atomic E-state index is -0.263. The number of nitrogens with one attached hydrogen (secondary N) is 1. The van der Waals surface area contributed by atoms with Gasteiger partial charge in [-0.2, -0.15) is 0 Å². The first-order chi connectivity index (χ1) is 10.0. The molecule has 1 amide bonds. The van der Waals surface area contributed by atoms with Crippen molar-refractivity contribution in [3.8, 4) is 0 Å². The van der Waals surface area contributed by atoms with Gasteiger partial charge in [0.15, 0.2) is 0 Å². The maximum absolute atomic E-state index is 11.4. The van der Waals surface area contributed by atoms with Crippen LogP contribution in [0.5, 0.6) is 0 Å². The van der Waals surface area contributed by atoms with Gasteiger partial charge in [0.1, 0.15) is 0 Å². The molecule has 4 heteroatoms. The molecule has 0 saturated carbocycles. The lowest BCUT2D eigenvalue weighted by Crippen LogP contribution is -2.20. The number of carbonyl (C=O) groups excluding carboxylic acids is 1. The zero-order valence-electron chi connectivity index (χ0n) is 11.8. The summed E-state index contributed by atoms with van der Waals surface area (Å²) in [5, 5.41) is 3.57. The van der Waals surface area contributed by atoms with Crippen LogP contribution in [0.2, 0.25) is 5.02 Å². The summed E-state index contributed by atoms with van der Waals surface area (Å²) in [6.45, 7) is 2.00. The quantitative estimate of drug-likeness (QED) is 0.890. The molecular weight excluding hydrogens is 284 g/mol. The highest BCUT2D eigenvalue weighted by molar-refractivity contribution is 6.31. The van der Waals surface area contributed by atoms with Crippen molar-refractivity contribution in [2.45, 2.75) is 25.8 Å². The van der Waals surface area contributed by atoms with E-state index in [-0.39, 0.29) is 11.9 Å². The van der Waals surface area contributed by atoms with Crippen LogP contribution in [0.15, 0.2) is 36.4 Å². The van der Waals surface area contributed by atoms with E-state index in [1.165, 1.54) is 0 Å². The Labute approximate surface area is 129 Å². The molecule has 0 aromatic heterocycles. The monoisotopic (exact) mass is 300 g/mol. The molecule has 0 spiro atoms. The Bertz CT molecular complexity index is 712. The van der Waals surface area contributed by atoms with Crippen LogP contribution in [-0.4, -0.2) is 5.91 Å². The number of nitrogens with two attached hydrogens (primary N) is 1. The standard InChI is InChI=1S/C17H17ClN2O/c1-10-2-5-13(14(18)8-10)17(19)12-3-6-15-11(9-12)4-7-16(21)20-15/h2-3,5-6,8-9,17H,4,7,19H2,1H3,(H,20,21). The van der Waals surface area contributed by atoms with E-state index in [2.05, 4.69) is 11.4 Å². The molecule has 3 rings (SSSR count). The normalized spacial score (nSPS) is 15.3. The smallest absolute Gasteiger partial charge is 0.224 e. The molecule has 1 aliphatic rings. The minimum Gasteiger partial charge on any atom is -0.326 e. The van der Waals surface area contributed by atoms with E-state index < -0.39 is 0 Å². The number of rotatable bonds is 2. The number of halogens is 1. The van der Waals surface area contributed by atoms with E-state index in [1.54, 1.807) is 0 Å². The molecule has 1 atom stereocenters. The number of carbonyl (C=O) groups is 1. The Morgan fingerprint density at radius 1 is 1.19 bits per heavy atom. The first-order valence-corrected chi connectivity index (χ1v) is 7.36. The van der Waals surface area contributed by atoms with Crippen LogP contribution in [0.25, 0.3) is 0 Å². The molecule has 0 bridgehead atoms. The van der Waals surface area contributed by atoms with E-state index in [4.69, 9.17) is 17.3 Å². The molecular formula is C17H17ClN2O. The van der Waals surface area contributed by atoms with E-state index in [0.29, 0.717) is 11.4 Å². The highest BCUT2D eigenvalue weighted by Crippen LogP contribution is 2.31. The molecule has 1 heterocycles. The Hall–Kier alpha value is -1.84. The Kier molecular flexibility index (Phi) is 3.70. The summed E-state index contributed by atoms with van der Waals surface area (Å²) in [5.74, 6) is 0.0705. The molecule has 21 heavy (non-hydrogen) atoms. The average Bonchev–Trinajstić information content (AvgIpc) is 2.46. The van der Waals surface area contributed by atoms with Crippen LogP contribution in [0.3, 0.4) is 0 Å². The van der Waals surface area contributed by atoms with Gasteiger partial charge in [-0.15, -0.1) is 0 Å². The molecule has 0 aliphatic carbocycles. The summed E-state index contributed by atoms with van der Waals surface area (Å²) in [5.41, 5.74) is 11.4. The lowest BCUT2D eigenvalue weighted by atomic mass is 9.94. The molecule has 0 radical (unpaired) electrons. The molecule has 0 fully saturated rings. The van der Waals surface area contributed by atoms with Crippen molar-refractivity contribution in [2.75, 3.05) is 5.32 Å².